The van der Waals surface area contributed by atoms with Gasteiger partial charge in [0.05, 0.1) is 0 Å². The maximum absolute atomic E-state index is 12.0. The number of hydrogen-bond acceptors (Lipinski definition) is 2. The zero-order valence-corrected chi connectivity index (χ0v) is 12.1. The van der Waals surface area contributed by atoms with E-state index in [2.05, 4.69) is 43.4 Å². The van der Waals surface area contributed by atoms with Crippen LogP contribution in [0.4, 0.5) is 0 Å². The van der Waals surface area contributed by atoms with Gasteiger partial charge in [0.2, 0.25) is 5.91 Å². The third kappa shape index (κ3) is 3.43. The Labute approximate surface area is 115 Å². The number of hydrazone groups is 1. The van der Waals surface area contributed by atoms with Gasteiger partial charge < -0.3 is 0 Å². The van der Waals surface area contributed by atoms with Crippen molar-refractivity contribution in [3.8, 4) is 0 Å². The zero-order chi connectivity index (χ0) is 14.0. The normalized spacial score (nSPS) is 23.1. The van der Waals surface area contributed by atoms with Crippen LogP contribution in [0.5, 0.6) is 0 Å². The van der Waals surface area contributed by atoms with Crippen molar-refractivity contribution in [1.82, 2.24) is 5.43 Å². The molecule has 0 unspecified atom stereocenters. The molecule has 3 heteroatoms. The third-order valence-electron chi connectivity index (χ3n) is 3.77. The van der Waals surface area contributed by atoms with Crippen molar-refractivity contribution < 1.29 is 4.79 Å². The molecule has 1 amide bonds. The molecule has 1 fully saturated rings. The molecule has 0 heterocycles. The quantitative estimate of drug-likeness (QED) is 0.655. The van der Waals surface area contributed by atoms with E-state index in [0.29, 0.717) is 5.92 Å². The average molecular weight is 258 g/mol. The van der Waals surface area contributed by atoms with Gasteiger partial charge in [-0.05, 0) is 24.8 Å². The van der Waals surface area contributed by atoms with Gasteiger partial charge in [-0.25, -0.2) is 5.43 Å². The summed E-state index contributed by atoms with van der Waals surface area (Å²) >= 11 is 0. The molecule has 19 heavy (non-hydrogen) atoms. The molecule has 0 aliphatic heterocycles. The van der Waals surface area contributed by atoms with Crippen molar-refractivity contribution in [2.75, 3.05) is 0 Å². The van der Waals surface area contributed by atoms with Crippen LogP contribution in [-0.2, 0) is 4.79 Å². The molecule has 0 aromatic heterocycles. The van der Waals surface area contributed by atoms with Crippen LogP contribution in [0.25, 0.3) is 0 Å². The predicted octanol–water partition coefficient (Wildman–Crippen LogP) is 3.33. The van der Waals surface area contributed by atoms with Crippen LogP contribution in [0, 0.1) is 11.3 Å². The van der Waals surface area contributed by atoms with E-state index in [1.807, 2.05) is 25.1 Å². The molecule has 1 aromatic carbocycles. The Balaban J connectivity index is 1.91. The minimum atomic E-state index is -0.00430. The summed E-state index contributed by atoms with van der Waals surface area (Å²) in [4.78, 5) is 12.0. The Kier molecular flexibility index (Phi) is 3.74. The topological polar surface area (TPSA) is 41.5 Å². The molecular formula is C16H22N2O. The first kappa shape index (κ1) is 13.8. The van der Waals surface area contributed by atoms with Crippen molar-refractivity contribution in [2.45, 2.75) is 40.0 Å². The standard InChI is InChI=1S/C16H22N2O/c1-11(16(2,3)4)17-18-15(19)14-10-13(14)12-8-6-5-7-9-12/h5-9,13-14H,10H2,1-4H3,(H,18,19)/b17-11-/t13-,14-/m0/s1. The number of carbonyl (C=O) groups is 1. The number of rotatable bonds is 3. The van der Waals surface area contributed by atoms with Crippen LogP contribution < -0.4 is 5.43 Å². The van der Waals surface area contributed by atoms with Crippen LogP contribution in [-0.4, -0.2) is 11.6 Å². The van der Waals surface area contributed by atoms with E-state index in [4.69, 9.17) is 0 Å². The molecule has 1 saturated carbocycles. The summed E-state index contributed by atoms with van der Waals surface area (Å²) in [5, 5.41) is 4.20. The van der Waals surface area contributed by atoms with Gasteiger partial charge in [0, 0.05) is 17.0 Å². The van der Waals surface area contributed by atoms with E-state index in [1.54, 1.807) is 0 Å². The maximum atomic E-state index is 12.0. The highest BCUT2D eigenvalue weighted by atomic mass is 16.2. The first-order valence-electron chi connectivity index (χ1n) is 6.79. The van der Waals surface area contributed by atoms with E-state index in [0.717, 1.165) is 12.1 Å². The van der Waals surface area contributed by atoms with Crippen LogP contribution in [0.1, 0.15) is 45.6 Å². The molecule has 2 atom stereocenters. The fourth-order valence-corrected chi connectivity index (χ4v) is 1.94. The number of nitrogens with zero attached hydrogens (tertiary/aromatic N) is 1. The van der Waals surface area contributed by atoms with Gasteiger partial charge in [0.25, 0.3) is 0 Å². The first-order chi connectivity index (χ1) is 8.89. The Hall–Kier alpha value is -1.64. The minimum absolute atomic E-state index is 0.00430. The van der Waals surface area contributed by atoms with E-state index in [9.17, 15) is 4.79 Å². The van der Waals surface area contributed by atoms with Gasteiger partial charge in [-0.1, -0.05) is 51.1 Å². The minimum Gasteiger partial charge on any atom is -0.273 e. The molecule has 0 saturated heterocycles. The lowest BCUT2D eigenvalue weighted by Gasteiger charge is -2.17. The Morgan fingerprint density at radius 1 is 1.26 bits per heavy atom. The summed E-state index contributed by atoms with van der Waals surface area (Å²) < 4.78 is 0. The van der Waals surface area contributed by atoms with Gasteiger partial charge in [-0.3, -0.25) is 4.79 Å². The van der Waals surface area contributed by atoms with Crippen molar-refractivity contribution in [1.29, 1.82) is 0 Å². The molecule has 0 radical (unpaired) electrons. The van der Waals surface area contributed by atoms with E-state index < -0.39 is 0 Å². The number of benzene rings is 1. The van der Waals surface area contributed by atoms with Gasteiger partial charge in [-0.15, -0.1) is 0 Å². The zero-order valence-electron chi connectivity index (χ0n) is 12.1. The second kappa shape index (κ2) is 5.16. The van der Waals surface area contributed by atoms with E-state index >= 15 is 0 Å². The van der Waals surface area contributed by atoms with Crippen LogP contribution in [0.2, 0.25) is 0 Å². The van der Waals surface area contributed by atoms with E-state index in [1.165, 1.54) is 5.56 Å². The van der Waals surface area contributed by atoms with Crippen LogP contribution in [0.15, 0.2) is 35.4 Å². The van der Waals surface area contributed by atoms with Gasteiger partial charge in [-0.2, -0.15) is 5.10 Å². The SMILES string of the molecule is C/C(=N/NC(=O)[C@H]1C[C@H]1c1ccccc1)C(C)(C)C. The van der Waals surface area contributed by atoms with Crippen molar-refractivity contribution in [3.05, 3.63) is 35.9 Å². The summed E-state index contributed by atoms with van der Waals surface area (Å²) in [5.41, 5.74) is 4.89. The van der Waals surface area contributed by atoms with E-state index in [-0.39, 0.29) is 17.2 Å². The molecule has 1 aliphatic carbocycles. The summed E-state index contributed by atoms with van der Waals surface area (Å²) in [6, 6.07) is 10.2. The first-order valence-corrected chi connectivity index (χ1v) is 6.79. The fourth-order valence-electron chi connectivity index (χ4n) is 1.94. The average Bonchev–Trinajstić information content (AvgIpc) is 3.15. The van der Waals surface area contributed by atoms with Gasteiger partial charge in [0.15, 0.2) is 0 Å². The van der Waals surface area contributed by atoms with Crippen molar-refractivity contribution in [3.63, 3.8) is 0 Å². The fraction of sp³-hybridized carbons (Fsp3) is 0.500. The largest absolute Gasteiger partial charge is 0.273 e. The lowest BCUT2D eigenvalue weighted by Crippen LogP contribution is -2.25. The highest BCUT2D eigenvalue weighted by Gasteiger charge is 2.43. The number of amides is 1. The smallest absolute Gasteiger partial charge is 0.243 e. The van der Waals surface area contributed by atoms with Crippen LogP contribution >= 0.6 is 0 Å². The molecule has 1 aromatic rings. The molecule has 0 spiro atoms. The monoisotopic (exact) mass is 258 g/mol. The Morgan fingerprint density at radius 3 is 2.47 bits per heavy atom. The molecule has 1 N–H and O–H groups in total. The molecule has 2 rings (SSSR count). The van der Waals surface area contributed by atoms with Crippen molar-refractivity contribution >= 4 is 11.6 Å². The third-order valence-corrected chi connectivity index (χ3v) is 3.77. The molecule has 102 valence electrons. The number of hydrogen-bond donors (Lipinski definition) is 1. The second-order valence-electron chi connectivity index (χ2n) is 6.28. The summed E-state index contributed by atoms with van der Waals surface area (Å²) in [5.74, 6) is 0.489. The van der Waals surface area contributed by atoms with Crippen molar-refractivity contribution in [2.24, 2.45) is 16.4 Å². The highest BCUT2D eigenvalue weighted by Crippen LogP contribution is 2.47. The predicted molar refractivity (Wildman–Crippen MR) is 78.0 cm³/mol. The van der Waals surface area contributed by atoms with Gasteiger partial charge >= 0.3 is 0 Å². The lowest BCUT2D eigenvalue weighted by atomic mass is 9.91. The number of nitrogens with one attached hydrogen (secondary N) is 1. The highest BCUT2D eigenvalue weighted by molar-refractivity contribution is 5.89. The molecule has 1 aliphatic rings. The summed E-state index contributed by atoms with van der Waals surface area (Å²) in [6.45, 7) is 8.20. The summed E-state index contributed by atoms with van der Waals surface area (Å²) in [7, 11) is 0. The Morgan fingerprint density at radius 2 is 1.89 bits per heavy atom. The number of carbonyl (C=O) groups excluding carboxylic acids is 1. The lowest BCUT2D eigenvalue weighted by molar-refractivity contribution is -0.122. The second-order valence-corrected chi connectivity index (χ2v) is 6.28. The molecular weight excluding hydrogens is 236 g/mol. The Bertz CT molecular complexity index is 485. The summed E-state index contributed by atoms with van der Waals surface area (Å²) in [6.07, 6.45) is 0.930. The van der Waals surface area contributed by atoms with Gasteiger partial charge in [0.1, 0.15) is 0 Å². The molecule has 3 nitrogen and oxygen atoms in total. The maximum Gasteiger partial charge on any atom is 0.243 e. The molecule has 0 bridgehead atoms. The van der Waals surface area contributed by atoms with Crippen LogP contribution in [0.3, 0.4) is 0 Å².